The van der Waals surface area contributed by atoms with Crippen molar-refractivity contribution in [3.05, 3.63) is 83.1 Å². The number of piperazine rings is 1. The summed E-state index contributed by atoms with van der Waals surface area (Å²) < 4.78 is 0. The Balaban J connectivity index is 1.37. The van der Waals surface area contributed by atoms with Crippen molar-refractivity contribution in [1.82, 2.24) is 19.8 Å². The average molecular weight is 423 g/mol. The Bertz CT molecular complexity index is 918. The van der Waals surface area contributed by atoms with E-state index >= 15 is 0 Å². The third-order valence-electron chi connectivity index (χ3n) is 5.59. The molecule has 1 N–H and O–H groups in total. The van der Waals surface area contributed by atoms with Crippen LogP contribution in [-0.2, 0) is 13.1 Å². The minimum absolute atomic E-state index is 0.211. The Morgan fingerprint density at radius 1 is 0.900 bits per heavy atom. The number of aromatic nitrogens is 2. The fourth-order valence-electron chi connectivity index (χ4n) is 3.99. The second-order valence-electron chi connectivity index (χ2n) is 7.78. The summed E-state index contributed by atoms with van der Waals surface area (Å²) in [5, 5.41) is 10.3. The Morgan fingerprint density at radius 2 is 1.63 bits per heavy atom. The van der Waals surface area contributed by atoms with Crippen molar-refractivity contribution in [2.24, 2.45) is 0 Å². The summed E-state index contributed by atoms with van der Waals surface area (Å²) >= 11 is 5.96. The van der Waals surface area contributed by atoms with Gasteiger partial charge in [0.25, 0.3) is 0 Å². The van der Waals surface area contributed by atoms with Crippen LogP contribution in [0.1, 0.15) is 17.5 Å². The molecular weight excluding hydrogens is 396 g/mol. The summed E-state index contributed by atoms with van der Waals surface area (Å²) in [4.78, 5) is 14.0. The van der Waals surface area contributed by atoms with Crippen LogP contribution in [0.25, 0.3) is 11.4 Å². The number of aliphatic hydroxyl groups excluding tert-OH is 1. The minimum atomic E-state index is 0.211. The van der Waals surface area contributed by atoms with Crippen molar-refractivity contribution < 1.29 is 5.11 Å². The van der Waals surface area contributed by atoms with Gasteiger partial charge in [0.1, 0.15) is 0 Å². The van der Waals surface area contributed by atoms with Crippen LogP contribution in [-0.4, -0.2) is 57.2 Å². The normalized spacial score (nSPS) is 17.9. The predicted molar refractivity (Wildman–Crippen MR) is 120 cm³/mol. The second-order valence-corrected chi connectivity index (χ2v) is 8.22. The van der Waals surface area contributed by atoms with Crippen molar-refractivity contribution in [3.8, 4) is 11.4 Å². The van der Waals surface area contributed by atoms with E-state index in [4.69, 9.17) is 11.6 Å². The molecule has 5 nitrogen and oxygen atoms in total. The molecule has 1 atom stereocenters. The minimum Gasteiger partial charge on any atom is -0.396 e. The third kappa shape index (κ3) is 5.43. The van der Waals surface area contributed by atoms with E-state index in [9.17, 15) is 5.11 Å². The standard InChI is InChI=1S/C24H27ClN4O/c25-22-8-6-21(7-9-22)24-26-14-20(15-27-24)16-28-11-12-29(23(18-28)10-13-30)17-19-4-2-1-3-5-19/h1-9,14-15,23,30H,10-13,16-18H2/t23-/m0/s1. The first-order valence-corrected chi connectivity index (χ1v) is 10.8. The van der Waals surface area contributed by atoms with Gasteiger partial charge in [0.2, 0.25) is 0 Å². The van der Waals surface area contributed by atoms with Gasteiger partial charge in [-0.25, -0.2) is 9.97 Å². The highest BCUT2D eigenvalue weighted by Crippen LogP contribution is 2.20. The number of halogens is 1. The first-order chi connectivity index (χ1) is 14.7. The number of benzene rings is 2. The van der Waals surface area contributed by atoms with Crippen molar-refractivity contribution in [1.29, 1.82) is 0 Å². The lowest BCUT2D eigenvalue weighted by atomic mass is 10.1. The van der Waals surface area contributed by atoms with Crippen LogP contribution in [0, 0.1) is 0 Å². The van der Waals surface area contributed by atoms with E-state index in [0.717, 1.165) is 50.3 Å². The summed E-state index contributed by atoms with van der Waals surface area (Å²) in [6.07, 6.45) is 4.61. The van der Waals surface area contributed by atoms with E-state index in [0.29, 0.717) is 16.9 Å². The van der Waals surface area contributed by atoms with Gasteiger partial charge in [0.05, 0.1) is 0 Å². The molecule has 0 radical (unpaired) electrons. The highest BCUT2D eigenvalue weighted by Gasteiger charge is 2.26. The van der Waals surface area contributed by atoms with Crippen molar-refractivity contribution in [3.63, 3.8) is 0 Å². The molecule has 1 aliphatic rings. The Labute approximate surface area is 183 Å². The van der Waals surface area contributed by atoms with Crippen LogP contribution in [0.4, 0.5) is 0 Å². The van der Waals surface area contributed by atoms with Crippen LogP contribution in [0.3, 0.4) is 0 Å². The Morgan fingerprint density at radius 3 is 2.33 bits per heavy atom. The summed E-state index contributed by atoms with van der Waals surface area (Å²) in [5.74, 6) is 0.709. The van der Waals surface area contributed by atoms with E-state index in [-0.39, 0.29) is 6.61 Å². The molecule has 156 valence electrons. The van der Waals surface area contributed by atoms with Crippen molar-refractivity contribution in [2.75, 3.05) is 26.2 Å². The van der Waals surface area contributed by atoms with Gasteiger partial charge in [-0.05, 0) is 36.2 Å². The third-order valence-corrected chi connectivity index (χ3v) is 5.85. The molecule has 2 heterocycles. The van der Waals surface area contributed by atoms with Crippen LogP contribution in [0.15, 0.2) is 67.0 Å². The van der Waals surface area contributed by atoms with E-state index < -0.39 is 0 Å². The largest absolute Gasteiger partial charge is 0.396 e. The molecule has 1 fully saturated rings. The van der Waals surface area contributed by atoms with Gasteiger partial charge in [-0.2, -0.15) is 0 Å². The Kier molecular flexibility index (Phi) is 7.07. The second kappa shape index (κ2) is 10.1. The van der Waals surface area contributed by atoms with E-state index in [1.165, 1.54) is 5.56 Å². The lowest BCUT2D eigenvalue weighted by molar-refractivity contribution is 0.0499. The van der Waals surface area contributed by atoms with Crippen LogP contribution in [0.2, 0.25) is 5.02 Å². The smallest absolute Gasteiger partial charge is 0.159 e. The molecule has 30 heavy (non-hydrogen) atoms. The SMILES string of the molecule is OCC[C@H]1CN(Cc2cnc(-c3ccc(Cl)cc3)nc2)CCN1Cc1ccccc1. The zero-order valence-corrected chi connectivity index (χ0v) is 17.7. The maximum atomic E-state index is 9.56. The number of hydrogen-bond donors (Lipinski definition) is 1. The van der Waals surface area contributed by atoms with E-state index in [1.54, 1.807) is 0 Å². The highest BCUT2D eigenvalue weighted by molar-refractivity contribution is 6.30. The average Bonchev–Trinajstić information content (AvgIpc) is 2.78. The van der Waals surface area contributed by atoms with Crippen LogP contribution < -0.4 is 0 Å². The lowest BCUT2D eigenvalue weighted by Crippen LogP contribution is -2.52. The lowest BCUT2D eigenvalue weighted by Gasteiger charge is -2.41. The molecule has 0 saturated carbocycles. The fourth-order valence-corrected chi connectivity index (χ4v) is 4.12. The van der Waals surface area contributed by atoms with Gasteiger partial charge in [-0.3, -0.25) is 9.80 Å². The summed E-state index contributed by atoms with van der Waals surface area (Å²) in [6.45, 7) is 4.88. The quantitative estimate of drug-likeness (QED) is 0.626. The van der Waals surface area contributed by atoms with E-state index in [2.05, 4.69) is 44.0 Å². The molecule has 0 unspecified atom stereocenters. The molecule has 4 rings (SSSR count). The van der Waals surface area contributed by atoms with Crippen LogP contribution in [0.5, 0.6) is 0 Å². The first-order valence-electron chi connectivity index (χ1n) is 10.4. The molecule has 2 aromatic carbocycles. The highest BCUT2D eigenvalue weighted by atomic mass is 35.5. The molecular formula is C24H27ClN4O. The van der Waals surface area contributed by atoms with Crippen molar-refractivity contribution >= 4 is 11.6 Å². The zero-order chi connectivity index (χ0) is 20.8. The number of hydrogen-bond acceptors (Lipinski definition) is 5. The maximum absolute atomic E-state index is 9.56. The van der Waals surface area contributed by atoms with Gasteiger partial charge in [0, 0.05) is 73.9 Å². The van der Waals surface area contributed by atoms with Crippen LogP contribution >= 0.6 is 11.6 Å². The van der Waals surface area contributed by atoms with Gasteiger partial charge >= 0.3 is 0 Å². The first kappa shape index (κ1) is 20.9. The van der Waals surface area contributed by atoms with E-state index in [1.807, 2.05) is 42.7 Å². The molecule has 1 aromatic heterocycles. The summed E-state index contributed by atoms with van der Waals surface area (Å²) in [6, 6.07) is 18.5. The number of nitrogens with zero attached hydrogens (tertiary/aromatic N) is 4. The predicted octanol–water partition coefficient (Wildman–Crippen LogP) is 3.87. The van der Waals surface area contributed by atoms with Gasteiger partial charge in [-0.15, -0.1) is 0 Å². The Hall–Kier alpha value is -2.31. The molecule has 0 bridgehead atoms. The molecule has 1 aliphatic heterocycles. The topological polar surface area (TPSA) is 52.5 Å². The molecule has 0 amide bonds. The monoisotopic (exact) mass is 422 g/mol. The number of aliphatic hydroxyl groups is 1. The molecule has 1 saturated heterocycles. The maximum Gasteiger partial charge on any atom is 0.159 e. The fraction of sp³-hybridized carbons (Fsp3) is 0.333. The molecule has 0 aliphatic carbocycles. The van der Waals surface area contributed by atoms with Gasteiger partial charge in [-0.1, -0.05) is 41.9 Å². The van der Waals surface area contributed by atoms with Gasteiger partial charge < -0.3 is 5.11 Å². The number of rotatable bonds is 7. The van der Waals surface area contributed by atoms with Gasteiger partial charge in [0.15, 0.2) is 5.82 Å². The van der Waals surface area contributed by atoms with Crippen molar-refractivity contribution in [2.45, 2.75) is 25.6 Å². The molecule has 6 heteroatoms. The summed E-state index contributed by atoms with van der Waals surface area (Å²) in [5.41, 5.74) is 3.38. The molecule has 0 spiro atoms. The summed E-state index contributed by atoms with van der Waals surface area (Å²) in [7, 11) is 0. The zero-order valence-electron chi connectivity index (χ0n) is 17.0. The molecule has 3 aromatic rings.